The summed E-state index contributed by atoms with van der Waals surface area (Å²) in [6, 6.07) is 3.87. The highest BCUT2D eigenvalue weighted by Gasteiger charge is 2.44. The Morgan fingerprint density at radius 1 is 1.12 bits per heavy atom. The molecule has 0 aliphatic carbocycles. The molecule has 96 valence electrons. The summed E-state index contributed by atoms with van der Waals surface area (Å²) in [4.78, 5) is 0. The normalized spacial score (nSPS) is 15.5. The molecule has 0 aliphatic heterocycles. The third-order valence-electron chi connectivity index (χ3n) is 2.26. The highest BCUT2D eigenvalue weighted by atomic mass is 19.4. The van der Waals surface area contributed by atoms with Gasteiger partial charge in [-0.25, -0.2) is 0 Å². The molecule has 0 saturated carbocycles. The summed E-state index contributed by atoms with van der Waals surface area (Å²) in [6.45, 7) is 4.88. The van der Waals surface area contributed by atoms with Gasteiger partial charge in [-0.15, -0.1) is 0 Å². The first-order valence-electron chi connectivity index (χ1n) is 5.27. The van der Waals surface area contributed by atoms with Gasteiger partial charge in [-0.3, -0.25) is 0 Å². The SMILES string of the molecule is Cc1cc(C)cc(OC(C(C)N)C(F)(F)F)c1. The van der Waals surface area contributed by atoms with E-state index in [0.717, 1.165) is 11.1 Å². The van der Waals surface area contributed by atoms with Gasteiger partial charge in [0.05, 0.1) is 0 Å². The molecular formula is C12H16F3NO. The van der Waals surface area contributed by atoms with E-state index in [1.807, 2.05) is 6.07 Å². The molecule has 0 saturated heterocycles. The van der Waals surface area contributed by atoms with E-state index in [1.54, 1.807) is 26.0 Å². The molecular weight excluding hydrogens is 231 g/mol. The minimum Gasteiger partial charge on any atom is -0.479 e. The van der Waals surface area contributed by atoms with Gasteiger partial charge in [0.1, 0.15) is 5.75 Å². The fraction of sp³-hybridized carbons (Fsp3) is 0.500. The summed E-state index contributed by atoms with van der Waals surface area (Å²) in [6.07, 6.45) is -6.45. The average molecular weight is 247 g/mol. The quantitative estimate of drug-likeness (QED) is 0.891. The van der Waals surface area contributed by atoms with Crippen molar-refractivity contribution in [1.82, 2.24) is 0 Å². The van der Waals surface area contributed by atoms with Gasteiger partial charge in [0.2, 0.25) is 6.10 Å². The molecule has 0 aromatic heterocycles. The summed E-state index contributed by atoms with van der Waals surface area (Å²) < 4.78 is 42.9. The number of hydrogen-bond acceptors (Lipinski definition) is 2. The minimum absolute atomic E-state index is 0.196. The summed E-state index contributed by atoms with van der Waals surface area (Å²) in [5.41, 5.74) is 7.01. The number of benzene rings is 1. The van der Waals surface area contributed by atoms with E-state index in [0.29, 0.717) is 0 Å². The van der Waals surface area contributed by atoms with Gasteiger partial charge in [0.15, 0.2) is 0 Å². The maximum absolute atomic E-state index is 12.7. The predicted molar refractivity (Wildman–Crippen MR) is 60.0 cm³/mol. The smallest absolute Gasteiger partial charge is 0.426 e. The van der Waals surface area contributed by atoms with Crippen LogP contribution < -0.4 is 10.5 Å². The lowest BCUT2D eigenvalue weighted by Crippen LogP contribution is -2.47. The third-order valence-corrected chi connectivity index (χ3v) is 2.26. The topological polar surface area (TPSA) is 35.2 Å². The second-order valence-electron chi connectivity index (χ2n) is 4.26. The largest absolute Gasteiger partial charge is 0.479 e. The van der Waals surface area contributed by atoms with Gasteiger partial charge in [-0.05, 0) is 44.0 Å². The Hall–Kier alpha value is -1.23. The molecule has 2 N–H and O–H groups in total. The van der Waals surface area contributed by atoms with Gasteiger partial charge >= 0.3 is 6.18 Å². The van der Waals surface area contributed by atoms with Crippen molar-refractivity contribution < 1.29 is 17.9 Å². The molecule has 0 heterocycles. The number of nitrogens with two attached hydrogens (primary N) is 1. The molecule has 1 aromatic carbocycles. The minimum atomic E-state index is -4.47. The van der Waals surface area contributed by atoms with Crippen molar-refractivity contribution in [3.63, 3.8) is 0 Å². The maximum atomic E-state index is 12.7. The van der Waals surface area contributed by atoms with E-state index < -0.39 is 18.3 Å². The number of aryl methyl sites for hydroxylation is 2. The van der Waals surface area contributed by atoms with Crippen molar-refractivity contribution in [1.29, 1.82) is 0 Å². The Balaban J connectivity index is 2.94. The van der Waals surface area contributed by atoms with Crippen molar-refractivity contribution in [2.75, 3.05) is 0 Å². The van der Waals surface area contributed by atoms with Crippen molar-refractivity contribution in [2.24, 2.45) is 5.73 Å². The van der Waals surface area contributed by atoms with Crippen LogP contribution in [0.25, 0.3) is 0 Å². The van der Waals surface area contributed by atoms with E-state index in [2.05, 4.69) is 0 Å². The molecule has 2 nitrogen and oxygen atoms in total. The van der Waals surface area contributed by atoms with Crippen molar-refractivity contribution in [3.8, 4) is 5.75 Å². The highest BCUT2D eigenvalue weighted by Crippen LogP contribution is 2.27. The van der Waals surface area contributed by atoms with Crippen LogP contribution in [0.4, 0.5) is 13.2 Å². The lowest BCUT2D eigenvalue weighted by Gasteiger charge is -2.25. The molecule has 2 atom stereocenters. The summed E-state index contributed by atoms with van der Waals surface area (Å²) >= 11 is 0. The summed E-state index contributed by atoms with van der Waals surface area (Å²) in [7, 11) is 0. The monoisotopic (exact) mass is 247 g/mol. The van der Waals surface area contributed by atoms with Crippen LogP contribution in [0.2, 0.25) is 0 Å². The zero-order valence-corrected chi connectivity index (χ0v) is 10.0. The lowest BCUT2D eigenvalue weighted by molar-refractivity contribution is -0.199. The van der Waals surface area contributed by atoms with E-state index in [1.165, 1.54) is 6.92 Å². The zero-order valence-electron chi connectivity index (χ0n) is 10.0. The summed E-state index contributed by atoms with van der Waals surface area (Å²) in [5.74, 6) is 0.196. The van der Waals surface area contributed by atoms with E-state index >= 15 is 0 Å². The van der Waals surface area contributed by atoms with Crippen LogP contribution in [0, 0.1) is 13.8 Å². The molecule has 0 aliphatic rings. The first kappa shape index (κ1) is 13.8. The number of ether oxygens (including phenoxy) is 1. The van der Waals surface area contributed by atoms with Crippen LogP contribution in [0.15, 0.2) is 18.2 Å². The molecule has 0 radical (unpaired) electrons. The number of halogens is 3. The zero-order chi connectivity index (χ0) is 13.2. The first-order chi connectivity index (χ1) is 7.70. The Morgan fingerprint density at radius 2 is 1.59 bits per heavy atom. The third kappa shape index (κ3) is 3.93. The standard InChI is InChI=1S/C12H16F3NO/c1-7-4-8(2)6-10(5-7)17-11(9(3)16)12(13,14)15/h4-6,9,11H,16H2,1-3H3. The van der Waals surface area contributed by atoms with Crippen LogP contribution in [-0.2, 0) is 0 Å². The molecule has 1 aromatic rings. The molecule has 5 heteroatoms. The van der Waals surface area contributed by atoms with Crippen LogP contribution in [0.3, 0.4) is 0 Å². The van der Waals surface area contributed by atoms with Crippen LogP contribution in [0.1, 0.15) is 18.1 Å². The first-order valence-corrected chi connectivity index (χ1v) is 5.27. The molecule has 0 amide bonds. The Kier molecular flexibility index (Phi) is 4.03. The van der Waals surface area contributed by atoms with Gasteiger partial charge in [0, 0.05) is 6.04 Å². The molecule has 1 rings (SSSR count). The second kappa shape index (κ2) is 4.96. The van der Waals surface area contributed by atoms with Gasteiger partial charge < -0.3 is 10.5 Å². The van der Waals surface area contributed by atoms with E-state index in [4.69, 9.17) is 10.5 Å². The van der Waals surface area contributed by atoms with Crippen molar-refractivity contribution in [2.45, 2.75) is 39.1 Å². The molecule has 0 bridgehead atoms. The van der Waals surface area contributed by atoms with Crippen molar-refractivity contribution >= 4 is 0 Å². The molecule has 0 spiro atoms. The van der Waals surface area contributed by atoms with Gasteiger partial charge in [0.25, 0.3) is 0 Å². The second-order valence-corrected chi connectivity index (χ2v) is 4.26. The van der Waals surface area contributed by atoms with Gasteiger partial charge in [-0.2, -0.15) is 13.2 Å². The molecule has 2 unspecified atom stereocenters. The Morgan fingerprint density at radius 3 is 1.94 bits per heavy atom. The lowest BCUT2D eigenvalue weighted by atomic mass is 10.1. The maximum Gasteiger partial charge on any atom is 0.426 e. The predicted octanol–water partition coefficient (Wildman–Crippen LogP) is 2.96. The molecule has 17 heavy (non-hydrogen) atoms. The van der Waals surface area contributed by atoms with Crippen LogP contribution in [0.5, 0.6) is 5.75 Å². The Bertz CT molecular complexity index is 368. The van der Waals surface area contributed by atoms with Gasteiger partial charge in [-0.1, -0.05) is 6.07 Å². The highest BCUT2D eigenvalue weighted by molar-refractivity contribution is 5.33. The van der Waals surface area contributed by atoms with E-state index in [-0.39, 0.29) is 5.75 Å². The fourth-order valence-corrected chi connectivity index (χ4v) is 1.62. The number of hydrogen-bond donors (Lipinski definition) is 1. The Labute approximate surface area is 98.6 Å². The van der Waals surface area contributed by atoms with Crippen molar-refractivity contribution in [3.05, 3.63) is 29.3 Å². The number of rotatable bonds is 3. The average Bonchev–Trinajstić information content (AvgIpc) is 2.10. The summed E-state index contributed by atoms with van der Waals surface area (Å²) in [5, 5.41) is 0. The van der Waals surface area contributed by atoms with Crippen LogP contribution >= 0.6 is 0 Å². The molecule has 0 fully saturated rings. The van der Waals surface area contributed by atoms with Crippen LogP contribution in [-0.4, -0.2) is 18.3 Å². The number of alkyl halides is 3. The van der Waals surface area contributed by atoms with E-state index in [9.17, 15) is 13.2 Å². The fourth-order valence-electron chi connectivity index (χ4n) is 1.62.